The molecule has 3 rings (SSSR count). The molecular weight excluding hydrogens is 356 g/mol. The maximum Gasteiger partial charge on any atom is 0.137 e. The van der Waals surface area contributed by atoms with E-state index >= 15 is 0 Å². The summed E-state index contributed by atoms with van der Waals surface area (Å²) in [4.78, 5) is 4.33. The molecule has 0 amide bonds. The van der Waals surface area contributed by atoms with E-state index in [2.05, 4.69) is 4.98 Å². The van der Waals surface area contributed by atoms with E-state index in [9.17, 15) is 0 Å². The van der Waals surface area contributed by atoms with Crippen LogP contribution in [0.3, 0.4) is 0 Å². The lowest BCUT2D eigenvalue weighted by atomic mass is 10.1. The Morgan fingerprint density at radius 2 is 2.20 bits per heavy atom. The van der Waals surface area contributed by atoms with Gasteiger partial charge in [0.15, 0.2) is 0 Å². The Hall–Kier alpha value is -0.860. The zero-order valence-corrected chi connectivity index (χ0v) is 17.0. The monoisotopic (exact) mass is 382 g/mol. The van der Waals surface area contributed by atoms with Crippen LogP contribution in [0.4, 0.5) is 0 Å². The van der Waals surface area contributed by atoms with Gasteiger partial charge in [0.1, 0.15) is 17.0 Å². The second-order valence-corrected chi connectivity index (χ2v) is 8.85. The number of hydrogen-bond acceptors (Lipinski definition) is 6. The summed E-state index contributed by atoms with van der Waals surface area (Å²) >= 11 is 7.22. The van der Waals surface area contributed by atoms with Gasteiger partial charge in [0.25, 0.3) is 0 Å². The summed E-state index contributed by atoms with van der Waals surface area (Å²) in [5, 5.41) is 0. The van der Waals surface area contributed by atoms with Crippen LogP contribution >= 0.6 is 23.6 Å². The van der Waals surface area contributed by atoms with Crippen molar-refractivity contribution in [2.24, 2.45) is 0 Å². The molecule has 0 radical (unpaired) electrons. The normalized spacial score (nSPS) is 24.5. The number of pyridine rings is 1. The van der Waals surface area contributed by atoms with Crippen LogP contribution in [0.25, 0.3) is 10.2 Å². The smallest absolute Gasteiger partial charge is 0.137 e. The zero-order valence-electron chi connectivity index (χ0n) is 15.4. The summed E-state index contributed by atoms with van der Waals surface area (Å²) in [5.41, 5.74) is 2.55. The Bertz CT molecular complexity index is 778. The van der Waals surface area contributed by atoms with Gasteiger partial charge < -0.3 is 18.8 Å². The fourth-order valence-electron chi connectivity index (χ4n) is 2.94. The van der Waals surface area contributed by atoms with Crippen LogP contribution < -0.4 is 0 Å². The highest BCUT2D eigenvalue weighted by Gasteiger charge is 2.38. The second-order valence-electron chi connectivity index (χ2n) is 7.61. The van der Waals surface area contributed by atoms with Gasteiger partial charge >= 0.3 is 0 Å². The molecule has 0 saturated carbocycles. The summed E-state index contributed by atoms with van der Waals surface area (Å²) in [5.74, 6) is 0. The summed E-state index contributed by atoms with van der Waals surface area (Å²) in [6, 6.07) is 1.99. The number of thiazole rings is 1. The quantitative estimate of drug-likeness (QED) is 0.700. The molecule has 0 aliphatic carbocycles. The van der Waals surface area contributed by atoms with Gasteiger partial charge in [0.05, 0.1) is 40.1 Å². The summed E-state index contributed by atoms with van der Waals surface area (Å²) in [6.45, 7) is 10.7. The van der Waals surface area contributed by atoms with Crippen LogP contribution in [0.1, 0.15) is 47.3 Å². The lowest BCUT2D eigenvalue weighted by Crippen LogP contribution is -2.34. The van der Waals surface area contributed by atoms with Crippen LogP contribution in [0.5, 0.6) is 0 Å². The first-order chi connectivity index (χ1) is 11.7. The molecule has 1 saturated heterocycles. The molecule has 7 heteroatoms. The molecule has 138 valence electrons. The third-order valence-electron chi connectivity index (χ3n) is 4.04. The van der Waals surface area contributed by atoms with E-state index in [4.69, 9.17) is 26.4 Å². The lowest BCUT2D eigenvalue weighted by molar-refractivity contribution is -0.115. The minimum absolute atomic E-state index is 0.00796. The third-order valence-corrected chi connectivity index (χ3v) is 5.43. The van der Waals surface area contributed by atoms with Crippen LogP contribution in [-0.2, 0) is 14.2 Å². The van der Waals surface area contributed by atoms with Crippen molar-refractivity contribution in [2.75, 3.05) is 6.61 Å². The van der Waals surface area contributed by atoms with Crippen LogP contribution in [-0.4, -0.2) is 40.1 Å². The molecule has 1 unspecified atom stereocenters. The van der Waals surface area contributed by atoms with E-state index < -0.39 is 0 Å². The first-order valence-corrected chi connectivity index (χ1v) is 9.92. The van der Waals surface area contributed by atoms with Crippen molar-refractivity contribution in [3.8, 4) is 0 Å². The van der Waals surface area contributed by atoms with E-state index in [0.717, 1.165) is 21.3 Å². The average molecular weight is 383 g/mol. The minimum atomic E-state index is -0.207. The number of fused-ring (bicyclic) bond motifs is 1. The van der Waals surface area contributed by atoms with Crippen molar-refractivity contribution < 1.29 is 14.2 Å². The van der Waals surface area contributed by atoms with Gasteiger partial charge in [-0.25, -0.2) is 4.98 Å². The summed E-state index contributed by atoms with van der Waals surface area (Å²) < 4.78 is 22.1. The maximum absolute atomic E-state index is 6.29. The van der Waals surface area contributed by atoms with E-state index in [1.54, 1.807) is 11.3 Å². The molecule has 2 aromatic heterocycles. The van der Waals surface area contributed by atoms with Gasteiger partial charge in [-0.3, -0.25) is 0 Å². The Kier molecular flexibility index (Phi) is 5.60. The fraction of sp³-hybridized carbons (Fsp3) is 0.667. The Morgan fingerprint density at radius 1 is 1.44 bits per heavy atom. The Labute approximate surface area is 157 Å². The Morgan fingerprint density at radius 3 is 2.88 bits per heavy atom. The summed E-state index contributed by atoms with van der Waals surface area (Å²) in [6.07, 6.45) is 2.61. The highest BCUT2D eigenvalue weighted by Crippen LogP contribution is 2.34. The molecular formula is C18H26N2O3S2. The van der Waals surface area contributed by atoms with E-state index in [0.29, 0.717) is 6.61 Å². The predicted molar refractivity (Wildman–Crippen MR) is 103 cm³/mol. The molecule has 1 aliphatic rings. The number of ether oxygens (including phenoxy) is 3. The third kappa shape index (κ3) is 4.46. The first-order valence-electron chi connectivity index (χ1n) is 8.64. The lowest BCUT2D eigenvalue weighted by Gasteiger charge is -2.26. The van der Waals surface area contributed by atoms with E-state index in [-0.39, 0.29) is 30.1 Å². The number of hydrogen-bond donors (Lipinski definition) is 0. The maximum atomic E-state index is 6.29. The largest absolute Gasteiger partial charge is 0.373 e. The molecule has 0 spiro atoms. The average Bonchev–Trinajstić information content (AvgIpc) is 3.11. The molecule has 0 bridgehead atoms. The molecule has 2 aromatic rings. The van der Waals surface area contributed by atoms with Crippen molar-refractivity contribution in [3.63, 3.8) is 0 Å². The second kappa shape index (κ2) is 7.40. The van der Waals surface area contributed by atoms with Gasteiger partial charge in [0, 0.05) is 12.6 Å². The van der Waals surface area contributed by atoms with Gasteiger partial charge in [-0.15, -0.1) is 11.3 Å². The molecule has 1 fully saturated rings. The van der Waals surface area contributed by atoms with Gasteiger partial charge in [-0.1, -0.05) is 12.2 Å². The number of rotatable bonds is 5. The number of aromatic nitrogens is 2. The van der Waals surface area contributed by atoms with Crippen LogP contribution in [0, 0.1) is 4.64 Å². The first kappa shape index (κ1) is 18.9. The summed E-state index contributed by atoms with van der Waals surface area (Å²) in [7, 11) is 0. The minimum Gasteiger partial charge on any atom is -0.373 e. The highest BCUT2D eigenvalue weighted by atomic mass is 32.1. The van der Waals surface area contributed by atoms with Crippen molar-refractivity contribution in [1.82, 2.24) is 9.55 Å². The SMILES string of the molecule is CC(C)OC1C[C@@H](n2ccc3ncsc3c2=S)O[C@@H]1COC(C)(C)C. The molecule has 25 heavy (non-hydrogen) atoms. The van der Waals surface area contributed by atoms with Crippen molar-refractivity contribution >= 4 is 33.8 Å². The van der Waals surface area contributed by atoms with Gasteiger partial charge in [-0.05, 0) is 40.7 Å². The van der Waals surface area contributed by atoms with Crippen molar-refractivity contribution in [2.45, 2.75) is 71.2 Å². The zero-order chi connectivity index (χ0) is 18.2. The van der Waals surface area contributed by atoms with Crippen molar-refractivity contribution in [1.29, 1.82) is 0 Å². The molecule has 0 N–H and O–H groups in total. The topological polar surface area (TPSA) is 45.5 Å². The van der Waals surface area contributed by atoms with Gasteiger partial charge in [-0.2, -0.15) is 0 Å². The van der Waals surface area contributed by atoms with Crippen LogP contribution in [0.15, 0.2) is 17.8 Å². The number of nitrogens with zero attached hydrogens (tertiary/aromatic N) is 2. The molecule has 0 aromatic carbocycles. The molecule has 3 atom stereocenters. The molecule has 3 heterocycles. The highest BCUT2D eigenvalue weighted by molar-refractivity contribution is 7.71. The van der Waals surface area contributed by atoms with Crippen molar-refractivity contribution in [3.05, 3.63) is 22.4 Å². The fourth-order valence-corrected chi connectivity index (χ4v) is 4.09. The predicted octanol–water partition coefficient (Wildman–Crippen LogP) is 4.72. The van der Waals surface area contributed by atoms with Gasteiger partial charge in [0.2, 0.25) is 0 Å². The van der Waals surface area contributed by atoms with E-state index in [1.165, 1.54) is 0 Å². The van der Waals surface area contributed by atoms with Crippen LogP contribution in [0.2, 0.25) is 0 Å². The molecule has 1 aliphatic heterocycles. The standard InChI is InChI=1S/C18H26N2O3S2/c1-11(2)22-13-8-15(23-14(13)9-21-18(3,4)5)20-7-6-12-16(17(20)24)25-10-19-12/h6-7,10-11,13-15H,8-9H2,1-5H3/t13?,14-,15+/m1/s1. The molecule has 5 nitrogen and oxygen atoms in total. The Balaban J connectivity index is 1.82. The van der Waals surface area contributed by atoms with E-state index in [1.807, 2.05) is 57.0 Å².